The van der Waals surface area contributed by atoms with Gasteiger partial charge in [-0.05, 0) is 31.9 Å². The second-order valence-electron chi connectivity index (χ2n) is 6.47. The zero-order valence-corrected chi connectivity index (χ0v) is 16.1. The summed E-state index contributed by atoms with van der Waals surface area (Å²) in [6.45, 7) is 3.55. The van der Waals surface area contributed by atoms with Gasteiger partial charge in [-0.3, -0.25) is 4.79 Å². The summed E-state index contributed by atoms with van der Waals surface area (Å²) in [7, 11) is 0. The minimum absolute atomic E-state index is 0.0605. The van der Waals surface area contributed by atoms with Gasteiger partial charge in [0.2, 0.25) is 5.91 Å². The summed E-state index contributed by atoms with van der Waals surface area (Å²) in [5.41, 5.74) is 0. The van der Waals surface area contributed by atoms with E-state index < -0.39 is 0 Å². The van der Waals surface area contributed by atoms with E-state index in [-0.39, 0.29) is 17.9 Å². The molecular formula is C19H24N4O3S. The molecule has 0 saturated carbocycles. The molecule has 2 N–H and O–H groups in total. The SMILES string of the molecule is Cc1cc(NC(=O)C2CCN(C(=O)NCCSc3ccccc3)CC2)no1. The maximum atomic E-state index is 12.3. The lowest BCUT2D eigenvalue weighted by Gasteiger charge is -2.31. The third kappa shape index (κ3) is 5.75. The van der Waals surface area contributed by atoms with Crippen LogP contribution in [0.4, 0.5) is 10.6 Å². The molecule has 0 spiro atoms. The Hall–Kier alpha value is -2.48. The van der Waals surface area contributed by atoms with Crippen LogP contribution in [0.2, 0.25) is 0 Å². The van der Waals surface area contributed by atoms with Gasteiger partial charge >= 0.3 is 6.03 Å². The molecule has 2 aromatic rings. The average molecular weight is 388 g/mol. The highest BCUT2D eigenvalue weighted by Gasteiger charge is 2.27. The van der Waals surface area contributed by atoms with Gasteiger partial charge in [0.25, 0.3) is 0 Å². The number of likely N-dealkylation sites (tertiary alicyclic amines) is 1. The van der Waals surface area contributed by atoms with E-state index in [0.717, 1.165) is 5.75 Å². The van der Waals surface area contributed by atoms with E-state index in [9.17, 15) is 9.59 Å². The van der Waals surface area contributed by atoms with Crippen LogP contribution in [0.15, 0.2) is 45.8 Å². The third-order valence-electron chi connectivity index (χ3n) is 4.42. The molecule has 2 heterocycles. The molecule has 27 heavy (non-hydrogen) atoms. The van der Waals surface area contributed by atoms with Gasteiger partial charge in [-0.2, -0.15) is 0 Å². The largest absolute Gasteiger partial charge is 0.360 e. The fraction of sp³-hybridized carbons (Fsp3) is 0.421. The lowest BCUT2D eigenvalue weighted by molar-refractivity contribution is -0.121. The number of hydrogen-bond donors (Lipinski definition) is 2. The quantitative estimate of drug-likeness (QED) is 0.586. The zero-order chi connectivity index (χ0) is 19.1. The van der Waals surface area contributed by atoms with E-state index in [2.05, 4.69) is 27.9 Å². The van der Waals surface area contributed by atoms with E-state index in [1.807, 2.05) is 18.2 Å². The molecule has 144 valence electrons. The highest BCUT2D eigenvalue weighted by atomic mass is 32.2. The maximum Gasteiger partial charge on any atom is 0.317 e. The molecule has 0 atom stereocenters. The molecule has 0 aliphatic carbocycles. The Morgan fingerprint density at radius 2 is 2.00 bits per heavy atom. The van der Waals surface area contributed by atoms with Crippen LogP contribution in [-0.4, -0.2) is 47.4 Å². The van der Waals surface area contributed by atoms with Crippen molar-refractivity contribution in [3.8, 4) is 0 Å². The number of anilines is 1. The normalized spacial score (nSPS) is 14.8. The number of nitrogens with one attached hydrogen (secondary N) is 2. The summed E-state index contributed by atoms with van der Waals surface area (Å²) in [6.07, 6.45) is 1.30. The molecule has 0 bridgehead atoms. The van der Waals surface area contributed by atoms with E-state index in [4.69, 9.17) is 4.52 Å². The summed E-state index contributed by atoms with van der Waals surface area (Å²) >= 11 is 1.72. The lowest BCUT2D eigenvalue weighted by atomic mass is 9.96. The molecule has 1 fully saturated rings. The number of carbonyl (C=O) groups excluding carboxylic acids is 2. The predicted molar refractivity (Wildman–Crippen MR) is 105 cm³/mol. The number of aromatic nitrogens is 1. The van der Waals surface area contributed by atoms with Gasteiger partial charge in [-0.15, -0.1) is 11.8 Å². The van der Waals surface area contributed by atoms with Crippen LogP contribution in [0, 0.1) is 12.8 Å². The van der Waals surface area contributed by atoms with Crippen molar-refractivity contribution in [3.05, 3.63) is 42.2 Å². The molecule has 1 aromatic heterocycles. The number of thioether (sulfide) groups is 1. The lowest BCUT2D eigenvalue weighted by Crippen LogP contribution is -2.46. The van der Waals surface area contributed by atoms with Gasteiger partial charge in [0.15, 0.2) is 5.82 Å². The molecule has 0 unspecified atom stereocenters. The second-order valence-corrected chi connectivity index (χ2v) is 7.64. The third-order valence-corrected chi connectivity index (χ3v) is 5.44. The highest BCUT2D eigenvalue weighted by molar-refractivity contribution is 7.99. The van der Waals surface area contributed by atoms with Gasteiger partial charge in [0.1, 0.15) is 5.76 Å². The van der Waals surface area contributed by atoms with Crippen molar-refractivity contribution in [1.29, 1.82) is 0 Å². The number of amides is 3. The monoisotopic (exact) mass is 388 g/mol. The standard InChI is InChI=1S/C19H24N4O3S/c1-14-13-17(22-26-14)21-18(24)15-7-10-23(11-8-15)19(25)20-9-12-27-16-5-3-2-4-6-16/h2-6,13,15H,7-12H2,1H3,(H,20,25)(H,21,22,24). The van der Waals surface area contributed by atoms with Crippen LogP contribution in [0.3, 0.4) is 0 Å². The number of aryl methyl sites for hydroxylation is 1. The Morgan fingerprint density at radius 1 is 1.26 bits per heavy atom. The van der Waals surface area contributed by atoms with Crippen LogP contribution < -0.4 is 10.6 Å². The van der Waals surface area contributed by atoms with Crippen molar-refractivity contribution >= 4 is 29.5 Å². The number of nitrogens with zero attached hydrogens (tertiary/aromatic N) is 2. The Labute approximate surface area is 162 Å². The van der Waals surface area contributed by atoms with Crippen molar-refractivity contribution in [1.82, 2.24) is 15.4 Å². The number of urea groups is 1. The minimum Gasteiger partial charge on any atom is -0.360 e. The highest BCUT2D eigenvalue weighted by Crippen LogP contribution is 2.20. The summed E-state index contributed by atoms with van der Waals surface area (Å²) in [5.74, 6) is 1.74. The van der Waals surface area contributed by atoms with E-state index in [0.29, 0.717) is 44.1 Å². The Morgan fingerprint density at radius 3 is 2.67 bits per heavy atom. The van der Waals surface area contributed by atoms with Crippen molar-refractivity contribution in [2.24, 2.45) is 5.92 Å². The molecular weight excluding hydrogens is 364 g/mol. The smallest absolute Gasteiger partial charge is 0.317 e. The van der Waals surface area contributed by atoms with Gasteiger partial charge in [0.05, 0.1) is 0 Å². The molecule has 8 heteroatoms. The van der Waals surface area contributed by atoms with E-state index in [1.54, 1.807) is 29.7 Å². The van der Waals surface area contributed by atoms with Crippen molar-refractivity contribution in [3.63, 3.8) is 0 Å². The first-order chi connectivity index (χ1) is 13.1. The summed E-state index contributed by atoms with van der Waals surface area (Å²) in [4.78, 5) is 27.5. The molecule has 1 aliphatic heterocycles. The molecule has 1 aliphatic rings. The molecule has 7 nitrogen and oxygen atoms in total. The van der Waals surface area contributed by atoms with Crippen molar-refractivity contribution in [2.45, 2.75) is 24.7 Å². The summed E-state index contributed by atoms with van der Waals surface area (Å²) in [5, 5.41) is 9.49. The first kappa shape index (κ1) is 19.3. The zero-order valence-electron chi connectivity index (χ0n) is 15.3. The van der Waals surface area contributed by atoms with Gasteiger partial charge in [-0.25, -0.2) is 4.79 Å². The number of rotatable bonds is 6. The average Bonchev–Trinajstić information content (AvgIpc) is 3.10. The molecule has 0 radical (unpaired) electrons. The second kappa shape index (κ2) is 9.45. The minimum atomic E-state index is -0.111. The van der Waals surface area contributed by atoms with Crippen LogP contribution in [0.25, 0.3) is 0 Å². The fourth-order valence-electron chi connectivity index (χ4n) is 2.95. The van der Waals surface area contributed by atoms with Crippen LogP contribution in [-0.2, 0) is 4.79 Å². The maximum absolute atomic E-state index is 12.3. The van der Waals surface area contributed by atoms with Crippen molar-refractivity contribution in [2.75, 3.05) is 30.7 Å². The van der Waals surface area contributed by atoms with E-state index >= 15 is 0 Å². The van der Waals surface area contributed by atoms with Crippen LogP contribution in [0.5, 0.6) is 0 Å². The Kier molecular flexibility index (Phi) is 6.75. The number of benzene rings is 1. The fourth-order valence-corrected chi connectivity index (χ4v) is 3.74. The van der Waals surface area contributed by atoms with Crippen LogP contribution in [0.1, 0.15) is 18.6 Å². The molecule has 1 aromatic carbocycles. The Balaban J connectivity index is 1.34. The van der Waals surface area contributed by atoms with Gasteiger partial charge in [0, 0.05) is 42.3 Å². The Bertz CT molecular complexity index is 757. The van der Waals surface area contributed by atoms with Crippen molar-refractivity contribution < 1.29 is 14.1 Å². The number of hydrogen-bond acceptors (Lipinski definition) is 5. The van der Waals surface area contributed by atoms with Gasteiger partial charge in [-0.1, -0.05) is 23.4 Å². The first-order valence-electron chi connectivity index (χ1n) is 9.06. The number of piperidine rings is 1. The topological polar surface area (TPSA) is 87.5 Å². The van der Waals surface area contributed by atoms with Gasteiger partial charge < -0.3 is 20.1 Å². The molecule has 3 amide bonds. The molecule has 3 rings (SSSR count). The molecule has 1 saturated heterocycles. The van der Waals surface area contributed by atoms with E-state index in [1.165, 1.54) is 4.90 Å². The number of carbonyl (C=O) groups is 2. The summed E-state index contributed by atoms with van der Waals surface area (Å²) in [6, 6.07) is 11.7. The van der Waals surface area contributed by atoms with Crippen LogP contribution >= 0.6 is 11.8 Å². The first-order valence-corrected chi connectivity index (χ1v) is 10.0. The summed E-state index contributed by atoms with van der Waals surface area (Å²) < 4.78 is 4.95. The predicted octanol–water partition coefficient (Wildman–Crippen LogP) is 3.14.